The molecule has 5 heteroatoms. The average Bonchev–Trinajstić information content (AvgIpc) is 2.41. The molecule has 0 radical (unpaired) electrons. The van der Waals surface area contributed by atoms with Gasteiger partial charge >= 0.3 is 0 Å². The smallest absolute Gasteiger partial charge is 0.195 e. The lowest BCUT2D eigenvalue weighted by Gasteiger charge is -2.08. The fraction of sp³-hybridized carbons (Fsp3) is 0.0714. The summed E-state index contributed by atoms with van der Waals surface area (Å²) in [6, 6.07) is 8.91. The highest BCUT2D eigenvalue weighted by atomic mass is 79.9. The molecule has 0 saturated carbocycles. The Balaban J connectivity index is 2.46. The molecular formula is C14H11BrFNO2. The van der Waals surface area contributed by atoms with E-state index in [4.69, 9.17) is 10.5 Å². The topological polar surface area (TPSA) is 52.3 Å². The fourth-order valence-electron chi connectivity index (χ4n) is 1.65. The molecule has 2 N–H and O–H groups in total. The highest BCUT2D eigenvalue weighted by molar-refractivity contribution is 9.10. The molecular weight excluding hydrogens is 313 g/mol. The normalized spacial score (nSPS) is 10.3. The Morgan fingerprint density at radius 1 is 1.26 bits per heavy atom. The summed E-state index contributed by atoms with van der Waals surface area (Å²) in [7, 11) is 1.51. The minimum atomic E-state index is -0.421. The molecule has 0 aliphatic carbocycles. The van der Waals surface area contributed by atoms with Gasteiger partial charge in [-0.3, -0.25) is 4.79 Å². The van der Waals surface area contributed by atoms with Crippen LogP contribution in [0.2, 0.25) is 0 Å². The molecule has 0 bridgehead atoms. The minimum Gasteiger partial charge on any atom is -0.497 e. The number of nitrogen functional groups attached to an aromatic ring is 1. The van der Waals surface area contributed by atoms with Gasteiger partial charge in [0, 0.05) is 16.8 Å². The van der Waals surface area contributed by atoms with Crippen molar-refractivity contribution in [1.29, 1.82) is 0 Å². The summed E-state index contributed by atoms with van der Waals surface area (Å²) in [5.74, 6) is -0.161. The zero-order chi connectivity index (χ0) is 14.0. The third kappa shape index (κ3) is 2.76. The van der Waals surface area contributed by atoms with E-state index >= 15 is 0 Å². The first kappa shape index (κ1) is 13.5. The SMILES string of the molecule is COc1ccc(N)c(C(=O)c2ccc(F)c(Br)c2)c1. The molecule has 0 spiro atoms. The van der Waals surface area contributed by atoms with Crippen LogP contribution < -0.4 is 10.5 Å². The number of anilines is 1. The summed E-state index contributed by atoms with van der Waals surface area (Å²) in [6.07, 6.45) is 0. The Kier molecular flexibility index (Phi) is 3.85. The van der Waals surface area contributed by atoms with Gasteiger partial charge in [-0.25, -0.2) is 4.39 Å². The van der Waals surface area contributed by atoms with Crippen molar-refractivity contribution in [2.45, 2.75) is 0 Å². The maximum absolute atomic E-state index is 13.2. The second kappa shape index (κ2) is 5.40. The van der Waals surface area contributed by atoms with Gasteiger partial charge in [0.1, 0.15) is 11.6 Å². The molecule has 0 amide bonds. The van der Waals surface area contributed by atoms with Gasteiger partial charge in [0.15, 0.2) is 5.78 Å². The number of hydrogen-bond acceptors (Lipinski definition) is 3. The zero-order valence-electron chi connectivity index (χ0n) is 10.1. The van der Waals surface area contributed by atoms with Crippen LogP contribution in [0.5, 0.6) is 5.75 Å². The molecule has 0 aliphatic heterocycles. The number of hydrogen-bond donors (Lipinski definition) is 1. The second-order valence-electron chi connectivity index (χ2n) is 3.91. The number of ether oxygens (including phenoxy) is 1. The van der Waals surface area contributed by atoms with Gasteiger partial charge in [-0.15, -0.1) is 0 Å². The van der Waals surface area contributed by atoms with Crippen LogP contribution >= 0.6 is 15.9 Å². The molecule has 0 unspecified atom stereocenters. The van der Waals surface area contributed by atoms with Gasteiger partial charge in [0.05, 0.1) is 11.6 Å². The van der Waals surface area contributed by atoms with Crippen molar-refractivity contribution in [3.63, 3.8) is 0 Å². The maximum atomic E-state index is 13.2. The van der Waals surface area contributed by atoms with E-state index in [-0.39, 0.29) is 10.3 Å². The van der Waals surface area contributed by atoms with Gasteiger partial charge in [0.2, 0.25) is 0 Å². The van der Waals surface area contributed by atoms with E-state index in [1.807, 2.05) is 0 Å². The van der Waals surface area contributed by atoms with E-state index in [1.165, 1.54) is 25.3 Å². The van der Waals surface area contributed by atoms with Gasteiger partial charge in [-0.1, -0.05) is 0 Å². The summed E-state index contributed by atoms with van der Waals surface area (Å²) in [4.78, 5) is 12.3. The maximum Gasteiger partial charge on any atom is 0.195 e. The quantitative estimate of drug-likeness (QED) is 0.695. The molecule has 3 nitrogen and oxygen atoms in total. The van der Waals surface area contributed by atoms with E-state index in [1.54, 1.807) is 18.2 Å². The van der Waals surface area contributed by atoms with Crippen LogP contribution in [0.3, 0.4) is 0 Å². The highest BCUT2D eigenvalue weighted by Gasteiger charge is 2.14. The number of nitrogens with two attached hydrogens (primary N) is 1. The Morgan fingerprint density at radius 2 is 2.00 bits per heavy atom. The summed E-state index contributed by atoms with van der Waals surface area (Å²) in [5, 5.41) is 0. The van der Waals surface area contributed by atoms with Crippen LogP contribution in [-0.2, 0) is 0 Å². The van der Waals surface area contributed by atoms with Crippen molar-refractivity contribution in [3.05, 3.63) is 57.8 Å². The van der Waals surface area contributed by atoms with Crippen molar-refractivity contribution in [1.82, 2.24) is 0 Å². The Morgan fingerprint density at radius 3 is 2.63 bits per heavy atom. The third-order valence-corrected chi connectivity index (χ3v) is 3.29. The molecule has 0 heterocycles. The van der Waals surface area contributed by atoms with Crippen molar-refractivity contribution in [3.8, 4) is 5.75 Å². The lowest BCUT2D eigenvalue weighted by molar-refractivity contribution is 0.103. The Labute approximate surface area is 118 Å². The van der Waals surface area contributed by atoms with Crippen LogP contribution in [0.25, 0.3) is 0 Å². The summed E-state index contributed by atoms with van der Waals surface area (Å²) >= 11 is 3.05. The number of halogens is 2. The standard InChI is InChI=1S/C14H11BrFNO2/c1-19-9-3-5-13(17)10(7-9)14(18)8-2-4-12(16)11(15)6-8/h2-7H,17H2,1H3. The summed E-state index contributed by atoms with van der Waals surface area (Å²) < 4.78 is 18.5. The van der Waals surface area contributed by atoms with E-state index in [9.17, 15) is 9.18 Å². The van der Waals surface area contributed by atoms with Crippen molar-refractivity contribution < 1.29 is 13.9 Å². The molecule has 0 saturated heterocycles. The predicted molar refractivity (Wildman–Crippen MR) is 74.9 cm³/mol. The molecule has 0 aliphatic rings. The van der Waals surface area contributed by atoms with Crippen LogP contribution in [0.1, 0.15) is 15.9 Å². The molecule has 2 aromatic carbocycles. The first-order valence-corrected chi connectivity index (χ1v) is 6.25. The Bertz CT molecular complexity index is 643. The van der Waals surface area contributed by atoms with Crippen LogP contribution in [0.15, 0.2) is 40.9 Å². The lowest BCUT2D eigenvalue weighted by atomic mass is 10.0. The molecule has 0 fully saturated rings. The third-order valence-electron chi connectivity index (χ3n) is 2.69. The van der Waals surface area contributed by atoms with Crippen LogP contribution in [-0.4, -0.2) is 12.9 Å². The van der Waals surface area contributed by atoms with Crippen LogP contribution in [0, 0.1) is 5.82 Å². The van der Waals surface area contributed by atoms with E-state index < -0.39 is 5.82 Å². The minimum absolute atomic E-state index is 0.236. The summed E-state index contributed by atoms with van der Waals surface area (Å²) in [6.45, 7) is 0. The fourth-order valence-corrected chi connectivity index (χ4v) is 2.03. The van der Waals surface area contributed by atoms with E-state index in [0.717, 1.165) is 0 Å². The largest absolute Gasteiger partial charge is 0.497 e. The summed E-state index contributed by atoms with van der Waals surface area (Å²) in [5.41, 5.74) is 6.83. The Hall–Kier alpha value is -1.88. The van der Waals surface area contributed by atoms with Crippen LogP contribution in [0.4, 0.5) is 10.1 Å². The van der Waals surface area contributed by atoms with Crippen molar-refractivity contribution in [2.75, 3.05) is 12.8 Å². The lowest BCUT2D eigenvalue weighted by Crippen LogP contribution is -2.06. The number of benzene rings is 2. The van der Waals surface area contributed by atoms with E-state index in [2.05, 4.69) is 15.9 Å². The molecule has 0 aromatic heterocycles. The number of carbonyl (C=O) groups is 1. The molecule has 0 atom stereocenters. The number of methoxy groups -OCH3 is 1. The first-order valence-electron chi connectivity index (χ1n) is 5.46. The van der Waals surface area contributed by atoms with Crippen molar-refractivity contribution >= 4 is 27.4 Å². The number of carbonyl (C=O) groups excluding carboxylic acids is 1. The van der Waals surface area contributed by atoms with E-state index in [0.29, 0.717) is 22.6 Å². The second-order valence-corrected chi connectivity index (χ2v) is 4.77. The number of ketones is 1. The van der Waals surface area contributed by atoms with Gasteiger partial charge in [-0.05, 0) is 52.3 Å². The molecule has 19 heavy (non-hydrogen) atoms. The molecule has 2 rings (SSSR count). The zero-order valence-corrected chi connectivity index (χ0v) is 11.7. The average molecular weight is 324 g/mol. The van der Waals surface area contributed by atoms with Gasteiger partial charge < -0.3 is 10.5 Å². The first-order chi connectivity index (χ1) is 9.02. The van der Waals surface area contributed by atoms with Gasteiger partial charge in [0.25, 0.3) is 0 Å². The monoisotopic (exact) mass is 323 g/mol. The number of rotatable bonds is 3. The molecule has 98 valence electrons. The molecule has 2 aromatic rings. The van der Waals surface area contributed by atoms with Crippen molar-refractivity contribution in [2.24, 2.45) is 0 Å². The van der Waals surface area contributed by atoms with Gasteiger partial charge in [-0.2, -0.15) is 0 Å². The predicted octanol–water partition coefficient (Wildman–Crippen LogP) is 3.41. The highest BCUT2D eigenvalue weighted by Crippen LogP contribution is 2.24.